The molecule has 2 aromatic heterocycles. The number of hydrogen-bond acceptors (Lipinski definition) is 4. The van der Waals surface area contributed by atoms with E-state index in [9.17, 15) is 9.59 Å². The summed E-state index contributed by atoms with van der Waals surface area (Å²) in [5.74, 6) is 0.559. The summed E-state index contributed by atoms with van der Waals surface area (Å²) >= 11 is 3.42. The second-order valence-electron chi connectivity index (χ2n) is 7.90. The maximum atomic E-state index is 13.6. The average molecular weight is 475 g/mol. The molecule has 2 aromatic carbocycles. The summed E-state index contributed by atoms with van der Waals surface area (Å²) in [5.41, 5.74) is 2.55. The second kappa shape index (κ2) is 7.46. The minimum absolute atomic E-state index is 0.0726. The predicted octanol–water partition coefficient (Wildman–Crippen LogP) is 5.82. The molecule has 0 fully saturated rings. The summed E-state index contributed by atoms with van der Waals surface area (Å²) < 4.78 is 6.75. The molecule has 1 atom stereocenters. The van der Waals surface area contributed by atoms with Crippen molar-refractivity contribution in [2.75, 3.05) is 4.90 Å². The van der Waals surface area contributed by atoms with Crippen molar-refractivity contribution in [2.45, 2.75) is 25.8 Å². The van der Waals surface area contributed by atoms with E-state index in [1.807, 2.05) is 30.3 Å². The van der Waals surface area contributed by atoms with E-state index in [0.717, 1.165) is 10.0 Å². The van der Waals surface area contributed by atoms with E-state index in [-0.39, 0.29) is 17.1 Å². The molecule has 31 heavy (non-hydrogen) atoms. The number of aromatic nitrogens is 1. The Morgan fingerprint density at radius 1 is 1.03 bits per heavy atom. The molecule has 3 heterocycles. The Kier molecular flexibility index (Phi) is 4.74. The molecule has 0 saturated heterocycles. The lowest BCUT2D eigenvalue weighted by Crippen LogP contribution is -2.30. The lowest BCUT2D eigenvalue weighted by molar-refractivity contribution is 0.0970. The summed E-state index contributed by atoms with van der Waals surface area (Å²) in [6.45, 7) is 4.25. The Morgan fingerprint density at radius 2 is 1.81 bits per heavy atom. The Balaban J connectivity index is 1.78. The van der Waals surface area contributed by atoms with Gasteiger partial charge in [-0.3, -0.25) is 14.5 Å². The lowest BCUT2D eigenvalue weighted by atomic mass is 9.95. The average Bonchev–Trinajstić information content (AvgIpc) is 3.07. The number of rotatable bonds is 3. The van der Waals surface area contributed by atoms with Crippen molar-refractivity contribution in [3.05, 3.63) is 104 Å². The van der Waals surface area contributed by atoms with E-state index in [1.165, 1.54) is 5.56 Å². The van der Waals surface area contributed by atoms with Crippen LogP contribution in [0.4, 0.5) is 5.82 Å². The number of nitrogens with zero attached hydrogens (tertiary/aromatic N) is 2. The van der Waals surface area contributed by atoms with Gasteiger partial charge in [-0.15, -0.1) is 0 Å². The highest BCUT2D eigenvalue weighted by Gasteiger charge is 2.44. The van der Waals surface area contributed by atoms with Crippen molar-refractivity contribution in [2.24, 2.45) is 0 Å². The molecule has 4 aromatic rings. The fourth-order valence-corrected chi connectivity index (χ4v) is 4.42. The van der Waals surface area contributed by atoms with Crippen LogP contribution in [0.2, 0.25) is 0 Å². The molecule has 0 saturated carbocycles. The summed E-state index contributed by atoms with van der Waals surface area (Å²) in [5, 5.41) is 0.438. The maximum absolute atomic E-state index is 13.6. The van der Waals surface area contributed by atoms with Crippen molar-refractivity contribution in [1.82, 2.24) is 4.98 Å². The number of carbonyl (C=O) groups is 1. The van der Waals surface area contributed by atoms with Gasteiger partial charge in [-0.25, -0.2) is 4.98 Å². The van der Waals surface area contributed by atoms with Crippen LogP contribution < -0.4 is 10.3 Å². The van der Waals surface area contributed by atoms with Crippen molar-refractivity contribution < 1.29 is 9.21 Å². The van der Waals surface area contributed by atoms with Crippen LogP contribution in [0.1, 0.15) is 53.1 Å². The highest BCUT2D eigenvalue weighted by molar-refractivity contribution is 9.10. The van der Waals surface area contributed by atoms with Gasteiger partial charge in [0.05, 0.1) is 17.0 Å². The maximum Gasteiger partial charge on any atom is 0.296 e. The molecule has 1 unspecified atom stereocenters. The first-order valence-electron chi connectivity index (χ1n) is 10.1. The number of amides is 1. The topological polar surface area (TPSA) is 63.4 Å². The second-order valence-corrected chi connectivity index (χ2v) is 8.82. The minimum Gasteiger partial charge on any atom is -0.450 e. The van der Waals surface area contributed by atoms with Gasteiger partial charge >= 0.3 is 0 Å². The predicted molar refractivity (Wildman–Crippen MR) is 124 cm³/mol. The van der Waals surface area contributed by atoms with E-state index >= 15 is 0 Å². The zero-order valence-corrected chi connectivity index (χ0v) is 18.6. The molecule has 0 spiro atoms. The summed E-state index contributed by atoms with van der Waals surface area (Å²) in [6, 6.07) is 18.0. The minimum atomic E-state index is -0.613. The van der Waals surface area contributed by atoms with Crippen LogP contribution in [0.15, 0.2) is 80.5 Å². The third-order valence-electron chi connectivity index (χ3n) is 5.65. The summed E-state index contributed by atoms with van der Waals surface area (Å²) in [7, 11) is 0. The molecular formula is C25H19BrN2O3. The van der Waals surface area contributed by atoms with Crippen LogP contribution in [-0.2, 0) is 0 Å². The van der Waals surface area contributed by atoms with E-state index in [4.69, 9.17) is 4.42 Å². The van der Waals surface area contributed by atoms with Crippen LogP contribution in [0.25, 0.3) is 11.0 Å². The molecule has 0 aliphatic carbocycles. The number of anilines is 1. The number of benzene rings is 2. The van der Waals surface area contributed by atoms with Gasteiger partial charge in [0.25, 0.3) is 5.91 Å². The Labute approximate surface area is 187 Å². The van der Waals surface area contributed by atoms with Gasteiger partial charge in [-0.05, 0) is 47.4 Å². The number of pyridine rings is 1. The number of hydrogen-bond donors (Lipinski definition) is 0. The van der Waals surface area contributed by atoms with Gasteiger partial charge in [-0.1, -0.05) is 60.1 Å². The SMILES string of the molecule is CC(C)c1ccc(C2c3c(oc4ccc(Br)cc4c3=O)C(=O)N2c2ccccn2)cc1. The van der Waals surface area contributed by atoms with E-state index < -0.39 is 6.04 Å². The number of carbonyl (C=O) groups excluding carboxylic acids is 1. The van der Waals surface area contributed by atoms with E-state index in [2.05, 4.69) is 34.8 Å². The van der Waals surface area contributed by atoms with Crippen molar-refractivity contribution in [3.8, 4) is 0 Å². The number of fused-ring (bicyclic) bond motifs is 2. The molecule has 0 N–H and O–H groups in total. The molecule has 6 heteroatoms. The highest BCUT2D eigenvalue weighted by Crippen LogP contribution is 2.40. The van der Waals surface area contributed by atoms with Gasteiger partial charge in [-0.2, -0.15) is 0 Å². The third kappa shape index (κ3) is 3.18. The first kappa shape index (κ1) is 19.7. The quantitative estimate of drug-likeness (QED) is 0.375. The van der Waals surface area contributed by atoms with Gasteiger partial charge in [0.2, 0.25) is 5.76 Å². The highest BCUT2D eigenvalue weighted by atomic mass is 79.9. The van der Waals surface area contributed by atoms with Crippen LogP contribution in [-0.4, -0.2) is 10.9 Å². The van der Waals surface area contributed by atoms with E-state index in [1.54, 1.807) is 41.4 Å². The van der Waals surface area contributed by atoms with Gasteiger partial charge in [0, 0.05) is 10.7 Å². The summed E-state index contributed by atoms with van der Waals surface area (Å²) in [6.07, 6.45) is 1.63. The van der Waals surface area contributed by atoms with Crippen LogP contribution >= 0.6 is 15.9 Å². The Hall–Kier alpha value is -3.25. The van der Waals surface area contributed by atoms with Crippen LogP contribution in [0, 0.1) is 0 Å². The van der Waals surface area contributed by atoms with Crippen LogP contribution in [0.5, 0.6) is 0 Å². The number of halogens is 1. The van der Waals surface area contributed by atoms with Crippen molar-refractivity contribution in [1.29, 1.82) is 0 Å². The van der Waals surface area contributed by atoms with Gasteiger partial charge < -0.3 is 4.42 Å². The molecule has 154 valence electrons. The smallest absolute Gasteiger partial charge is 0.296 e. The van der Waals surface area contributed by atoms with Gasteiger partial charge in [0.15, 0.2) is 5.43 Å². The standard InChI is InChI=1S/C25H19BrN2O3/c1-14(2)15-6-8-16(9-7-15)22-21-23(29)18-13-17(26)10-11-19(18)31-24(21)25(30)28(22)20-5-3-4-12-27-20/h3-14,22H,1-2H3. The molecule has 1 aliphatic heterocycles. The molecular weight excluding hydrogens is 456 g/mol. The molecule has 0 bridgehead atoms. The monoisotopic (exact) mass is 474 g/mol. The van der Waals surface area contributed by atoms with E-state index in [0.29, 0.717) is 28.3 Å². The van der Waals surface area contributed by atoms with Crippen molar-refractivity contribution >= 4 is 38.6 Å². The first-order chi connectivity index (χ1) is 15.0. The zero-order chi connectivity index (χ0) is 21.7. The normalized spacial score (nSPS) is 15.7. The first-order valence-corrected chi connectivity index (χ1v) is 10.9. The molecule has 5 rings (SSSR count). The Morgan fingerprint density at radius 3 is 2.48 bits per heavy atom. The zero-order valence-electron chi connectivity index (χ0n) is 17.0. The third-order valence-corrected chi connectivity index (χ3v) is 6.14. The molecule has 1 amide bonds. The lowest BCUT2D eigenvalue weighted by Gasteiger charge is -2.24. The molecule has 5 nitrogen and oxygen atoms in total. The van der Waals surface area contributed by atoms with Crippen molar-refractivity contribution in [3.63, 3.8) is 0 Å². The van der Waals surface area contributed by atoms with Gasteiger partial charge in [0.1, 0.15) is 11.4 Å². The molecule has 0 radical (unpaired) electrons. The summed E-state index contributed by atoms with van der Waals surface area (Å²) in [4.78, 5) is 33.0. The molecule has 1 aliphatic rings. The van der Waals surface area contributed by atoms with Crippen LogP contribution in [0.3, 0.4) is 0 Å². The fourth-order valence-electron chi connectivity index (χ4n) is 4.06. The largest absolute Gasteiger partial charge is 0.450 e. The fraction of sp³-hybridized carbons (Fsp3) is 0.160. The Bertz CT molecular complexity index is 1360.